The Morgan fingerprint density at radius 1 is 0.842 bits per heavy atom. The van der Waals surface area contributed by atoms with Crippen molar-refractivity contribution < 1.29 is 38.2 Å². The van der Waals surface area contributed by atoms with Crippen molar-refractivity contribution in [3.8, 4) is 0 Å². The van der Waals surface area contributed by atoms with Crippen molar-refractivity contribution in [2.24, 2.45) is 0 Å². The van der Waals surface area contributed by atoms with Crippen LogP contribution >= 0.6 is 7.14 Å². The minimum atomic E-state index is -2.73. The van der Waals surface area contributed by atoms with E-state index in [0.717, 1.165) is 5.56 Å². The monoisotopic (exact) mass is 538 g/mol. The molecular weight excluding hydrogens is 507 g/mol. The molecule has 2 unspecified atom stereocenters. The van der Waals surface area contributed by atoms with Crippen LogP contribution in [0.25, 0.3) is 0 Å². The normalized spacial score (nSPS) is 23.1. The minimum Gasteiger partial charge on any atom is -0.452 e. The average molecular weight is 539 g/mol. The number of esters is 2. The lowest BCUT2D eigenvalue weighted by Gasteiger charge is -2.29. The highest BCUT2D eigenvalue weighted by Crippen LogP contribution is 2.44. The van der Waals surface area contributed by atoms with Gasteiger partial charge in [-0.05, 0) is 43.2 Å². The van der Waals surface area contributed by atoms with Gasteiger partial charge >= 0.3 is 11.9 Å². The molecule has 1 heterocycles. The zero-order valence-corrected chi connectivity index (χ0v) is 22.2. The van der Waals surface area contributed by atoms with Gasteiger partial charge in [0, 0.05) is 6.16 Å². The lowest BCUT2D eigenvalue weighted by molar-refractivity contribution is -0.252. The van der Waals surface area contributed by atoms with Crippen LogP contribution < -0.4 is 0 Å². The van der Waals surface area contributed by atoms with E-state index in [1.54, 1.807) is 74.0 Å². The van der Waals surface area contributed by atoms with Crippen LogP contribution in [-0.4, -0.2) is 67.2 Å². The van der Waals surface area contributed by atoms with Crippen LogP contribution in [0.1, 0.15) is 26.3 Å². The van der Waals surface area contributed by atoms with E-state index >= 15 is 0 Å². The zero-order chi connectivity index (χ0) is 27.2. The van der Waals surface area contributed by atoms with Gasteiger partial charge in [-0.2, -0.15) is 0 Å². The molecule has 3 aromatic rings. The number of ether oxygens (including phenoxy) is 4. The molecule has 38 heavy (non-hydrogen) atoms. The van der Waals surface area contributed by atoms with Gasteiger partial charge in [0.1, 0.15) is 12.7 Å². The summed E-state index contributed by atoms with van der Waals surface area (Å²) >= 11 is 0. The molecule has 200 valence electrons. The smallest absolute Gasteiger partial charge is 0.338 e. The Labute approximate surface area is 221 Å². The third-order valence-corrected chi connectivity index (χ3v) is 7.24. The summed E-state index contributed by atoms with van der Waals surface area (Å²) in [6.07, 6.45) is -3.72. The van der Waals surface area contributed by atoms with E-state index in [0.29, 0.717) is 0 Å². The Balaban J connectivity index is 1.63. The third-order valence-electron chi connectivity index (χ3n) is 6.00. The Morgan fingerprint density at radius 2 is 1.34 bits per heavy atom. The predicted octanol–water partition coefficient (Wildman–Crippen LogP) is 4.36. The Morgan fingerprint density at radius 3 is 1.87 bits per heavy atom. The van der Waals surface area contributed by atoms with Gasteiger partial charge in [-0.25, -0.2) is 9.59 Å². The van der Waals surface area contributed by atoms with Crippen LogP contribution in [0.4, 0.5) is 0 Å². The van der Waals surface area contributed by atoms with Crippen molar-refractivity contribution in [3.05, 3.63) is 108 Å². The summed E-state index contributed by atoms with van der Waals surface area (Å²) in [5.74, 6) is -3.60. The number of hydrogen-bond acceptors (Lipinski definition) is 8. The summed E-state index contributed by atoms with van der Waals surface area (Å²) in [6.45, 7) is 2.91. The van der Waals surface area contributed by atoms with Crippen LogP contribution in [0.3, 0.4) is 0 Å². The number of carbonyl (C=O) groups excluding carboxylic acids is 2. The van der Waals surface area contributed by atoms with E-state index in [1.165, 1.54) is 0 Å². The second kappa shape index (κ2) is 12.0. The number of hydrogen-bond donors (Lipinski definition) is 1. The first-order chi connectivity index (χ1) is 18.1. The van der Waals surface area contributed by atoms with Crippen molar-refractivity contribution >= 4 is 19.1 Å². The number of rotatable bonds is 10. The molecule has 0 radical (unpaired) electrons. The van der Waals surface area contributed by atoms with Crippen molar-refractivity contribution in [3.63, 3.8) is 0 Å². The van der Waals surface area contributed by atoms with Crippen LogP contribution in [0, 0.1) is 0 Å². The third kappa shape index (κ3) is 7.17. The van der Waals surface area contributed by atoms with E-state index in [2.05, 4.69) is 0 Å². The van der Waals surface area contributed by atoms with Gasteiger partial charge < -0.3 is 28.6 Å². The molecule has 0 aromatic heterocycles. The molecule has 1 aliphatic heterocycles. The summed E-state index contributed by atoms with van der Waals surface area (Å²) in [7, 11) is -2.73. The van der Waals surface area contributed by atoms with Gasteiger partial charge in [-0.15, -0.1) is 0 Å². The van der Waals surface area contributed by atoms with Gasteiger partial charge in [-0.1, -0.05) is 66.7 Å². The van der Waals surface area contributed by atoms with Crippen LogP contribution in [-0.2, 0) is 30.1 Å². The Hall–Kier alpha value is -3.29. The van der Waals surface area contributed by atoms with Gasteiger partial charge in [0.2, 0.25) is 5.79 Å². The maximum Gasteiger partial charge on any atom is 0.338 e. The standard InChI is InChI=1S/C29H31O8P/c1-38(2,33)19-24-25(35-27(30)22-14-8-4-9-15-22)26(36-28(31)23-16-10-5-11-17-23)29(32,37-24)20-34-18-21-12-6-3-7-13-21/h3-17,24-26,32H,18-20H2,1-2H3/t24-,25?,26?,29-/m0/s1. The Kier molecular flexibility index (Phi) is 8.80. The minimum absolute atomic E-state index is 0.0138. The van der Waals surface area contributed by atoms with Crippen LogP contribution in [0.2, 0.25) is 0 Å². The van der Waals surface area contributed by atoms with Crippen molar-refractivity contribution in [2.45, 2.75) is 30.7 Å². The molecule has 4 atom stereocenters. The average Bonchev–Trinajstić information content (AvgIpc) is 3.14. The lowest BCUT2D eigenvalue weighted by Crippen LogP contribution is -2.50. The highest BCUT2D eigenvalue weighted by Gasteiger charge is 2.59. The van der Waals surface area contributed by atoms with E-state index < -0.39 is 43.2 Å². The fraction of sp³-hybridized carbons (Fsp3) is 0.310. The molecule has 9 heteroatoms. The number of aliphatic hydroxyl groups is 1. The molecule has 1 N–H and O–H groups in total. The first-order valence-corrected chi connectivity index (χ1v) is 15.0. The van der Waals surface area contributed by atoms with Gasteiger partial charge in [-0.3, -0.25) is 0 Å². The first-order valence-electron chi connectivity index (χ1n) is 12.2. The summed E-state index contributed by atoms with van der Waals surface area (Å²) in [5, 5.41) is 11.6. The highest BCUT2D eigenvalue weighted by molar-refractivity contribution is 7.62. The quantitative estimate of drug-likeness (QED) is 0.300. The fourth-order valence-corrected chi connectivity index (χ4v) is 5.40. The predicted molar refractivity (Wildman–Crippen MR) is 142 cm³/mol. The zero-order valence-electron chi connectivity index (χ0n) is 21.3. The largest absolute Gasteiger partial charge is 0.452 e. The van der Waals surface area contributed by atoms with Gasteiger partial charge in [0.05, 0.1) is 24.9 Å². The second-order valence-corrected chi connectivity index (χ2v) is 13.2. The summed E-state index contributed by atoms with van der Waals surface area (Å²) < 4.78 is 36.1. The molecule has 0 spiro atoms. The molecule has 1 aliphatic rings. The molecule has 0 aliphatic carbocycles. The highest BCUT2D eigenvalue weighted by atomic mass is 31.2. The Bertz CT molecular complexity index is 1260. The van der Waals surface area contributed by atoms with E-state index in [4.69, 9.17) is 18.9 Å². The second-order valence-electron chi connectivity index (χ2n) is 9.66. The van der Waals surface area contributed by atoms with Gasteiger partial charge in [0.25, 0.3) is 0 Å². The molecular formula is C29H31O8P. The van der Waals surface area contributed by atoms with Crippen LogP contribution in [0.5, 0.6) is 0 Å². The molecule has 4 rings (SSSR count). The van der Waals surface area contributed by atoms with Crippen molar-refractivity contribution in [1.82, 2.24) is 0 Å². The van der Waals surface area contributed by atoms with Crippen molar-refractivity contribution in [1.29, 1.82) is 0 Å². The topological polar surface area (TPSA) is 108 Å². The molecule has 0 amide bonds. The van der Waals surface area contributed by atoms with Crippen molar-refractivity contribution in [2.75, 3.05) is 26.1 Å². The molecule has 1 fully saturated rings. The summed E-state index contributed by atoms with van der Waals surface area (Å²) in [4.78, 5) is 26.1. The van der Waals surface area contributed by atoms with E-state index in [1.807, 2.05) is 30.3 Å². The summed E-state index contributed by atoms with van der Waals surface area (Å²) in [5.41, 5.74) is 1.38. The maximum atomic E-state index is 13.1. The molecule has 0 saturated carbocycles. The molecule has 3 aromatic carbocycles. The van der Waals surface area contributed by atoms with Gasteiger partial charge in [0.15, 0.2) is 12.2 Å². The SMILES string of the molecule is CP(C)(=O)C[C@@H]1O[C@@](O)(COCc2ccccc2)C(OC(=O)c2ccccc2)C1OC(=O)c1ccccc1. The number of benzene rings is 3. The number of carbonyl (C=O) groups is 2. The fourth-order valence-electron chi connectivity index (χ4n) is 4.25. The van der Waals surface area contributed by atoms with Crippen LogP contribution in [0.15, 0.2) is 91.0 Å². The summed E-state index contributed by atoms with van der Waals surface area (Å²) in [6, 6.07) is 25.9. The molecule has 0 bridgehead atoms. The van der Waals surface area contributed by atoms with E-state index in [9.17, 15) is 19.3 Å². The molecule has 8 nitrogen and oxygen atoms in total. The van der Waals surface area contributed by atoms with E-state index in [-0.39, 0.29) is 30.5 Å². The lowest BCUT2D eigenvalue weighted by atomic mass is 10.0. The molecule has 1 saturated heterocycles. The first kappa shape index (κ1) is 27.7. The maximum absolute atomic E-state index is 13.1.